The van der Waals surface area contributed by atoms with Gasteiger partial charge in [0.05, 0.1) is 11.0 Å². The van der Waals surface area contributed by atoms with Gasteiger partial charge in [0.25, 0.3) is 0 Å². The first-order valence-corrected chi connectivity index (χ1v) is 7.65. The van der Waals surface area contributed by atoms with Gasteiger partial charge in [-0.05, 0) is 55.1 Å². The molecule has 1 unspecified atom stereocenters. The fraction of sp³-hybridized carbons (Fsp3) is 0.533. The summed E-state index contributed by atoms with van der Waals surface area (Å²) in [6, 6.07) is 6.43. The van der Waals surface area contributed by atoms with Crippen LogP contribution in [0.4, 0.5) is 0 Å². The Balaban J connectivity index is 2.11. The fourth-order valence-corrected chi connectivity index (χ4v) is 3.86. The van der Waals surface area contributed by atoms with Crippen molar-refractivity contribution in [1.29, 1.82) is 0 Å². The minimum atomic E-state index is 0.403. The molecule has 1 aliphatic rings. The number of nitrogens with one attached hydrogen (secondary N) is 1. The molecule has 0 saturated heterocycles. The number of hydrogen-bond acceptors (Lipinski definition) is 1. The molecule has 1 aromatic heterocycles. The molecular formula is C15H19ClN2S. The lowest BCUT2D eigenvalue weighted by molar-refractivity contribution is 0.185. The van der Waals surface area contributed by atoms with E-state index in [0.29, 0.717) is 11.5 Å². The van der Waals surface area contributed by atoms with E-state index in [9.17, 15) is 0 Å². The number of halogens is 1. The van der Waals surface area contributed by atoms with Gasteiger partial charge in [-0.3, -0.25) is 0 Å². The summed E-state index contributed by atoms with van der Waals surface area (Å²) in [5, 5.41) is 0.769. The molecule has 102 valence electrons. The number of imidazole rings is 1. The van der Waals surface area contributed by atoms with Gasteiger partial charge in [0, 0.05) is 11.1 Å². The molecule has 1 fully saturated rings. The van der Waals surface area contributed by atoms with Crippen molar-refractivity contribution in [2.75, 3.05) is 0 Å². The zero-order valence-corrected chi connectivity index (χ0v) is 12.9. The van der Waals surface area contributed by atoms with Crippen molar-refractivity contribution in [3.8, 4) is 0 Å². The summed E-state index contributed by atoms with van der Waals surface area (Å²) in [4.78, 5) is 3.30. The highest BCUT2D eigenvalue weighted by atomic mass is 35.5. The van der Waals surface area contributed by atoms with Crippen LogP contribution >= 0.6 is 23.8 Å². The van der Waals surface area contributed by atoms with Crippen molar-refractivity contribution in [3.63, 3.8) is 0 Å². The quantitative estimate of drug-likeness (QED) is 0.689. The third-order valence-electron chi connectivity index (χ3n) is 4.22. The van der Waals surface area contributed by atoms with E-state index in [1.807, 2.05) is 18.2 Å². The summed E-state index contributed by atoms with van der Waals surface area (Å²) >= 11 is 11.6. The molecule has 0 aliphatic heterocycles. The molecule has 1 aromatic carbocycles. The fourth-order valence-electron chi connectivity index (χ4n) is 3.34. The van der Waals surface area contributed by atoms with Crippen LogP contribution in [0.15, 0.2) is 18.2 Å². The van der Waals surface area contributed by atoms with Gasteiger partial charge in [-0.25, -0.2) is 0 Å². The number of aromatic amines is 1. The zero-order valence-electron chi connectivity index (χ0n) is 11.4. The van der Waals surface area contributed by atoms with Crippen molar-refractivity contribution >= 4 is 34.9 Å². The molecule has 2 aromatic rings. The second-order valence-corrected chi connectivity index (χ2v) is 7.20. The summed E-state index contributed by atoms with van der Waals surface area (Å²) in [5.74, 6) is 0. The van der Waals surface area contributed by atoms with Crippen molar-refractivity contribution < 1.29 is 0 Å². The average molecular weight is 295 g/mol. The van der Waals surface area contributed by atoms with Crippen LogP contribution in [0.25, 0.3) is 11.0 Å². The van der Waals surface area contributed by atoms with Crippen LogP contribution in [-0.4, -0.2) is 9.55 Å². The highest BCUT2D eigenvalue weighted by molar-refractivity contribution is 7.71. The van der Waals surface area contributed by atoms with E-state index >= 15 is 0 Å². The monoisotopic (exact) mass is 294 g/mol. The lowest BCUT2D eigenvalue weighted by Gasteiger charge is -2.36. The molecule has 4 heteroatoms. The van der Waals surface area contributed by atoms with Crippen LogP contribution in [0, 0.1) is 10.2 Å². The van der Waals surface area contributed by atoms with Gasteiger partial charge in [0.2, 0.25) is 0 Å². The molecule has 0 radical (unpaired) electrons. The van der Waals surface area contributed by atoms with Crippen molar-refractivity contribution in [2.45, 2.75) is 45.6 Å². The Morgan fingerprint density at radius 3 is 2.95 bits per heavy atom. The maximum absolute atomic E-state index is 6.13. The number of hydrogen-bond donors (Lipinski definition) is 1. The number of aromatic nitrogens is 2. The third kappa shape index (κ3) is 2.46. The highest BCUT2D eigenvalue weighted by Crippen LogP contribution is 2.42. The smallest absolute Gasteiger partial charge is 0.178 e. The van der Waals surface area contributed by atoms with Crippen LogP contribution in [0.5, 0.6) is 0 Å². The lowest BCUT2D eigenvalue weighted by atomic mass is 9.75. The second kappa shape index (κ2) is 4.64. The number of nitrogens with zero attached hydrogens (tertiary/aromatic N) is 1. The Labute approximate surface area is 123 Å². The maximum atomic E-state index is 6.13. The molecule has 1 aliphatic carbocycles. The van der Waals surface area contributed by atoms with E-state index in [1.54, 1.807) is 0 Å². The van der Waals surface area contributed by atoms with E-state index in [2.05, 4.69) is 23.4 Å². The Morgan fingerprint density at radius 1 is 1.42 bits per heavy atom. The van der Waals surface area contributed by atoms with Crippen molar-refractivity contribution in [3.05, 3.63) is 28.0 Å². The standard InChI is InChI=1S/C15H19ClN2S/c1-15(2)7-3-4-11(9-15)18-13-8-10(16)5-6-12(13)17-14(18)19/h5-6,8,11H,3-4,7,9H2,1-2H3,(H,17,19). The molecule has 19 heavy (non-hydrogen) atoms. The van der Waals surface area contributed by atoms with E-state index in [1.165, 1.54) is 25.7 Å². The summed E-state index contributed by atoms with van der Waals surface area (Å²) < 4.78 is 3.09. The molecule has 1 N–H and O–H groups in total. The zero-order chi connectivity index (χ0) is 13.6. The van der Waals surface area contributed by atoms with Crippen LogP contribution in [0.1, 0.15) is 45.6 Å². The Kier molecular flexibility index (Phi) is 3.22. The molecule has 3 rings (SSSR count). The topological polar surface area (TPSA) is 20.7 Å². The van der Waals surface area contributed by atoms with Gasteiger partial charge in [0.15, 0.2) is 4.77 Å². The van der Waals surface area contributed by atoms with Gasteiger partial charge < -0.3 is 9.55 Å². The Bertz CT molecular complexity index is 668. The first kappa shape index (κ1) is 13.2. The van der Waals surface area contributed by atoms with E-state index in [4.69, 9.17) is 23.8 Å². The molecule has 0 spiro atoms. The second-order valence-electron chi connectivity index (χ2n) is 6.38. The largest absolute Gasteiger partial charge is 0.331 e. The highest BCUT2D eigenvalue weighted by Gasteiger charge is 2.30. The summed E-state index contributed by atoms with van der Waals surface area (Å²) in [6.07, 6.45) is 4.96. The van der Waals surface area contributed by atoms with Gasteiger partial charge in [-0.2, -0.15) is 0 Å². The molecule has 0 bridgehead atoms. The molecule has 1 atom stereocenters. The van der Waals surface area contributed by atoms with E-state index in [0.717, 1.165) is 20.8 Å². The minimum absolute atomic E-state index is 0.403. The number of rotatable bonds is 1. The van der Waals surface area contributed by atoms with Gasteiger partial charge in [-0.15, -0.1) is 0 Å². The SMILES string of the molecule is CC1(C)CCCC(n2c(=S)[nH]c3ccc(Cl)cc32)C1. The van der Waals surface area contributed by atoms with Crippen LogP contribution in [-0.2, 0) is 0 Å². The Hall–Kier alpha value is -0.800. The summed E-state index contributed by atoms with van der Waals surface area (Å²) in [7, 11) is 0. The lowest BCUT2D eigenvalue weighted by Crippen LogP contribution is -2.25. The molecular weight excluding hydrogens is 276 g/mol. The number of H-pyrrole nitrogens is 1. The van der Waals surface area contributed by atoms with E-state index < -0.39 is 0 Å². The molecule has 0 amide bonds. The third-order valence-corrected chi connectivity index (χ3v) is 4.76. The van der Waals surface area contributed by atoms with Gasteiger partial charge in [0.1, 0.15) is 0 Å². The van der Waals surface area contributed by atoms with Gasteiger partial charge in [-0.1, -0.05) is 31.9 Å². The van der Waals surface area contributed by atoms with Gasteiger partial charge >= 0.3 is 0 Å². The van der Waals surface area contributed by atoms with Crippen LogP contribution in [0.3, 0.4) is 0 Å². The normalized spacial score (nSPS) is 22.8. The molecule has 1 heterocycles. The predicted molar refractivity (Wildman–Crippen MR) is 83.4 cm³/mol. The first-order chi connectivity index (χ1) is 8.96. The first-order valence-electron chi connectivity index (χ1n) is 6.86. The van der Waals surface area contributed by atoms with Crippen molar-refractivity contribution in [1.82, 2.24) is 9.55 Å². The molecule has 2 nitrogen and oxygen atoms in total. The molecule has 1 saturated carbocycles. The average Bonchev–Trinajstić information content (AvgIpc) is 2.63. The minimum Gasteiger partial charge on any atom is -0.331 e. The summed E-state index contributed by atoms with van der Waals surface area (Å²) in [6.45, 7) is 4.70. The summed E-state index contributed by atoms with van der Waals surface area (Å²) in [5.41, 5.74) is 2.62. The number of benzene rings is 1. The van der Waals surface area contributed by atoms with Crippen molar-refractivity contribution in [2.24, 2.45) is 5.41 Å². The predicted octanol–water partition coefficient (Wildman–Crippen LogP) is 5.49. The van der Waals surface area contributed by atoms with Crippen LogP contribution in [0.2, 0.25) is 5.02 Å². The number of fused-ring (bicyclic) bond motifs is 1. The van der Waals surface area contributed by atoms with E-state index in [-0.39, 0.29) is 0 Å². The van der Waals surface area contributed by atoms with Crippen LogP contribution < -0.4 is 0 Å². The Morgan fingerprint density at radius 2 is 2.21 bits per heavy atom. The maximum Gasteiger partial charge on any atom is 0.178 e.